The molecule has 0 saturated carbocycles. The van der Waals surface area contributed by atoms with Crippen LogP contribution in [0.1, 0.15) is 33.3 Å². The smallest absolute Gasteiger partial charge is 0.126 e. The lowest BCUT2D eigenvalue weighted by atomic mass is 10.2. The maximum atomic E-state index is 4.17. The van der Waals surface area contributed by atoms with Crippen LogP contribution in [0.5, 0.6) is 0 Å². The monoisotopic (exact) mass is 180 g/mol. The second-order valence-electron chi connectivity index (χ2n) is 2.43. The number of anilines is 1. The first-order valence-corrected chi connectivity index (χ1v) is 5.05. The summed E-state index contributed by atoms with van der Waals surface area (Å²) < 4.78 is 0. The van der Waals surface area contributed by atoms with Crippen molar-refractivity contribution in [3.05, 3.63) is 23.9 Å². The maximum absolute atomic E-state index is 4.17. The van der Waals surface area contributed by atoms with E-state index in [-0.39, 0.29) is 0 Å². The summed E-state index contributed by atoms with van der Waals surface area (Å²) in [6.45, 7) is 9.14. The van der Waals surface area contributed by atoms with Gasteiger partial charge in [0, 0.05) is 12.7 Å². The average Bonchev–Trinajstić information content (AvgIpc) is 2.22. The molecule has 0 spiro atoms. The van der Waals surface area contributed by atoms with Crippen LogP contribution in [0.4, 0.5) is 5.82 Å². The molecule has 0 aliphatic heterocycles. The molecule has 1 heterocycles. The van der Waals surface area contributed by atoms with Crippen LogP contribution in [0, 0.1) is 0 Å². The molecule has 1 aromatic heterocycles. The average molecular weight is 180 g/mol. The third-order valence-corrected chi connectivity index (χ3v) is 1.59. The lowest BCUT2D eigenvalue weighted by Crippen LogP contribution is -1.99. The summed E-state index contributed by atoms with van der Waals surface area (Å²) in [4.78, 5) is 4.17. The van der Waals surface area contributed by atoms with Crippen LogP contribution in [0.2, 0.25) is 0 Å². The molecule has 0 radical (unpaired) electrons. The Labute approximate surface area is 81.4 Å². The Morgan fingerprint density at radius 2 is 2.00 bits per heavy atom. The fourth-order valence-electron chi connectivity index (χ4n) is 0.972. The molecule has 1 rings (SSSR count). The van der Waals surface area contributed by atoms with Crippen molar-refractivity contribution in [1.82, 2.24) is 4.98 Å². The lowest BCUT2D eigenvalue weighted by Gasteiger charge is -2.02. The normalized spacial score (nSPS) is 8.62. The molecule has 0 saturated heterocycles. The van der Waals surface area contributed by atoms with Crippen LogP contribution in [0.25, 0.3) is 0 Å². The standard InChI is InChI=1S/C9H14N2.C2H6/c1-3-8-5-6-11-9(7-8)10-4-2;1-2/h5-7H,3-4H2,1-2H3,(H,10,11);1-2H3. The van der Waals surface area contributed by atoms with E-state index < -0.39 is 0 Å². The fraction of sp³-hybridized carbons (Fsp3) is 0.545. The van der Waals surface area contributed by atoms with Gasteiger partial charge in [0.2, 0.25) is 0 Å². The largest absolute Gasteiger partial charge is 0.370 e. The third kappa shape index (κ3) is 4.51. The molecule has 2 nitrogen and oxygen atoms in total. The number of hydrogen-bond donors (Lipinski definition) is 1. The molecule has 2 heteroatoms. The number of pyridine rings is 1. The van der Waals surface area contributed by atoms with E-state index in [0.717, 1.165) is 18.8 Å². The predicted molar refractivity (Wildman–Crippen MR) is 59.1 cm³/mol. The quantitative estimate of drug-likeness (QED) is 0.773. The van der Waals surface area contributed by atoms with E-state index in [0.29, 0.717) is 0 Å². The summed E-state index contributed by atoms with van der Waals surface area (Å²) in [5.41, 5.74) is 1.33. The van der Waals surface area contributed by atoms with Crippen molar-refractivity contribution in [3.8, 4) is 0 Å². The maximum Gasteiger partial charge on any atom is 0.126 e. The van der Waals surface area contributed by atoms with Crippen molar-refractivity contribution >= 4 is 5.82 Å². The van der Waals surface area contributed by atoms with Gasteiger partial charge in [0.1, 0.15) is 5.82 Å². The van der Waals surface area contributed by atoms with Gasteiger partial charge < -0.3 is 5.32 Å². The number of aryl methyl sites for hydroxylation is 1. The van der Waals surface area contributed by atoms with Crippen LogP contribution in [-0.4, -0.2) is 11.5 Å². The van der Waals surface area contributed by atoms with E-state index in [4.69, 9.17) is 0 Å². The van der Waals surface area contributed by atoms with Crippen molar-refractivity contribution in [3.63, 3.8) is 0 Å². The van der Waals surface area contributed by atoms with Crippen molar-refractivity contribution in [2.24, 2.45) is 0 Å². The molecule has 74 valence electrons. The van der Waals surface area contributed by atoms with Gasteiger partial charge in [-0.25, -0.2) is 4.98 Å². The predicted octanol–water partition coefficient (Wildman–Crippen LogP) is 3.10. The molecule has 13 heavy (non-hydrogen) atoms. The Balaban J connectivity index is 0.000000671. The van der Waals surface area contributed by atoms with E-state index in [1.165, 1.54) is 5.56 Å². The van der Waals surface area contributed by atoms with Crippen LogP contribution in [0.15, 0.2) is 18.3 Å². The number of rotatable bonds is 3. The first-order valence-electron chi connectivity index (χ1n) is 5.05. The van der Waals surface area contributed by atoms with Crippen LogP contribution in [-0.2, 0) is 6.42 Å². The first-order chi connectivity index (χ1) is 6.36. The SMILES string of the molecule is CC.CCNc1cc(CC)ccn1. The topological polar surface area (TPSA) is 24.9 Å². The number of nitrogens with one attached hydrogen (secondary N) is 1. The highest BCUT2D eigenvalue weighted by Crippen LogP contribution is 2.06. The second-order valence-corrected chi connectivity index (χ2v) is 2.43. The van der Waals surface area contributed by atoms with Gasteiger partial charge in [-0.05, 0) is 31.0 Å². The molecule has 0 fully saturated rings. The van der Waals surface area contributed by atoms with Crippen molar-refractivity contribution in [1.29, 1.82) is 0 Å². The Bertz CT molecular complexity index is 221. The third-order valence-electron chi connectivity index (χ3n) is 1.59. The molecule has 1 N–H and O–H groups in total. The molecule has 0 atom stereocenters. The van der Waals surface area contributed by atoms with Gasteiger partial charge >= 0.3 is 0 Å². The Kier molecular flexibility index (Phi) is 6.98. The van der Waals surface area contributed by atoms with Crippen molar-refractivity contribution in [2.75, 3.05) is 11.9 Å². The molecular formula is C11H20N2. The summed E-state index contributed by atoms with van der Waals surface area (Å²) >= 11 is 0. The van der Waals surface area contributed by atoms with Crippen LogP contribution in [0.3, 0.4) is 0 Å². The zero-order chi connectivity index (χ0) is 10.1. The van der Waals surface area contributed by atoms with Gasteiger partial charge in [-0.15, -0.1) is 0 Å². The summed E-state index contributed by atoms with van der Waals surface area (Å²) in [6, 6.07) is 4.13. The highest BCUT2D eigenvalue weighted by atomic mass is 15.0. The van der Waals surface area contributed by atoms with E-state index in [1.807, 2.05) is 26.1 Å². The molecule has 0 aliphatic rings. The van der Waals surface area contributed by atoms with Gasteiger partial charge in [-0.2, -0.15) is 0 Å². The minimum absolute atomic E-state index is 0.931. The molecule has 0 bridgehead atoms. The molecule has 0 unspecified atom stereocenters. The molecule has 1 aromatic rings. The molecule has 0 aliphatic carbocycles. The van der Waals surface area contributed by atoms with Crippen molar-refractivity contribution < 1.29 is 0 Å². The molecular weight excluding hydrogens is 160 g/mol. The fourth-order valence-corrected chi connectivity index (χ4v) is 0.972. The van der Waals surface area contributed by atoms with E-state index in [2.05, 4.69) is 30.2 Å². The lowest BCUT2D eigenvalue weighted by molar-refractivity contribution is 1.10. The zero-order valence-electron chi connectivity index (χ0n) is 9.09. The summed E-state index contributed by atoms with van der Waals surface area (Å²) in [6.07, 6.45) is 2.91. The minimum Gasteiger partial charge on any atom is -0.370 e. The summed E-state index contributed by atoms with van der Waals surface area (Å²) in [7, 11) is 0. The molecule has 0 amide bonds. The van der Waals surface area contributed by atoms with E-state index in [9.17, 15) is 0 Å². The van der Waals surface area contributed by atoms with Gasteiger partial charge in [0.15, 0.2) is 0 Å². The Hall–Kier alpha value is -1.05. The highest BCUT2D eigenvalue weighted by molar-refractivity contribution is 5.37. The number of hydrogen-bond acceptors (Lipinski definition) is 2. The van der Waals surface area contributed by atoms with E-state index >= 15 is 0 Å². The summed E-state index contributed by atoms with van der Waals surface area (Å²) in [5.74, 6) is 0.979. The van der Waals surface area contributed by atoms with Gasteiger partial charge in [-0.1, -0.05) is 20.8 Å². The first kappa shape index (κ1) is 11.9. The van der Waals surface area contributed by atoms with Gasteiger partial charge in [0.05, 0.1) is 0 Å². The van der Waals surface area contributed by atoms with Crippen molar-refractivity contribution in [2.45, 2.75) is 34.1 Å². The zero-order valence-corrected chi connectivity index (χ0v) is 9.09. The molecule has 0 aromatic carbocycles. The second kappa shape index (κ2) is 7.59. The van der Waals surface area contributed by atoms with Gasteiger partial charge in [-0.3, -0.25) is 0 Å². The number of nitrogens with zero attached hydrogens (tertiary/aromatic N) is 1. The highest BCUT2D eigenvalue weighted by Gasteiger charge is 1.91. The van der Waals surface area contributed by atoms with Crippen LogP contribution < -0.4 is 5.32 Å². The number of aromatic nitrogens is 1. The Morgan fingerprint density at radius 3 is 2.54 bits per heavy atom. The van der Waals surface area contributed by atoms with Crippen LogP contribution >= 0.6 is 0 Å². The van der Waals surface area contributed by atoms with Gasteiger partial charge in [0.25, 0.3) is 0 Å². The minimum atomic E-state index is 0.931. The van der Waals surface area contributed by atoms with E-state index in [1.54, 1.807) is 0 Å². The Morgan fingerprint density at radius 1 is 1.31 bits per heavy atom. The summed E-state index contributed by atoms with van der Waals surface area (Å²) in [5, 5.41) is 3.17.